The van der Waals surface area contributed by atoms with Gasteiger partial charge in [0.05, 0.1) is 0 Å². The topological polar surface area (TPSA) is 186 Å². The van der Waals surface area contributed by atoms with Crippen LogP contribution in [0.2, 0.25) is 0 Å². The number of hydrogen-bond donors (Lipinski definition) is 4. The van der Waals surface area contributed by atoms with Crippen LogP contribution in [0.25, 0.3) is 21.5 Å². The molecule has 4 aromatic carbocycles. The standard InChI is InChI=1S/2C13H19F2NO4.2C12H13N/c2*1-5-13(14,15)12(9(17)18)6-7-16(8-12)10(19)20-11(2,3)4;2*1-9(13)11-8-4-6-10-5-2-3-7-12(10)11/h2*5H,1,6-8H2,2-4H3,(H,17,18);2*2-9H,13H2,1H3/t;;2*9-/m..11/s1. The van der Waals surface area contributed by atoms with Crippen LogP contribution in [-0.4, -0.2) is 93.4 Å². The van der Waals surface area contributed by atoms with E-state index in [0.717, 1.165) is 9.80 Å². The van der Waals surface area contributed by atoms with Gasteiger partial charge in [0.15, 0.2) is 10.8 Å². The van der Waals surface area contributed by atoms with Gasteiger partial charge in [-0.1, -0.05) is 98.1 Å². The van der Waals surface area contributed by atoms with Crippen molar-refractivity contribution in [2.75, 3.05) is 26.2 Å². The molecule has 2 fully saturated rings. The monoisotopic (exact) mass is 924 g/mol. The number of carbonyl (C=O) groups is 4. The summed E-state index contributed by atoms with van der Waals surface area (Å²) in [6.45, 7) is 18.5. The number of halogens is 4. The predicted octanol–water partition coefficient (Wildman–Crippen LogP) is 10.8. The first-order valence-corrected chi connectivity index (χ1v) is 21.4. The molecule has 2 aliphatic heterocycles. The largest absolute Gasteiger partial charge is 0.481 e. The molecule has 2 unspecified atom stereocenters. The predicted molar refractivity (Wildman–Crippen MR) is 248 cm³/mol. The highest BCUT2D eigenvalue weighted by molar-refractivity contribution is 5.87. The first-order chi connectivity index (χ1) is 30.5. The summed E-state index contributed by atoms with van der Waals surface area (Å²) < 4.78 is 65.6. The van der Waals surface area contributed by atoms with Gasteiger partial charge in [-0.15, -0.1) is 0 Å². The minimum absolute atomic E-state index is 0.0926. The maximum atomic E-state index is 13.9. The lowest BCUT2D eigenvalue weighted by Gasteiger charge is -2.31. The normalized spacial score (nSPS) is 19.4. The highest BCUT2D eigenvalue weighted by Gasteiger charge is 2.63. The van der Waals surface area contributed by atoms with E-state index in [-0.39, 0.29) is 38.0 Å². The molecule has 6 N–H and O–H groups in total. The Morgan fingerprint density at radius 3 is 1.18 bits per heavy atom. The lowest BCUT2D eigenvalue weighted by molar-refractivity contribution is -0.168. The molecule has 360 valence electrons. The number of allylic oxidation sites excluding steroid dienone is 2. The number of carboxylic acid groups (broad SMARTS) is 2. The van der Waals surface area contributed by atoms with Gasteiger partial charge in [-0.2, -0.15) is 0 Å². The average Bonchev–Trinajstić information content (AvgIpc) is 3.92. The van der Waals surface area contributed by atoms with E-state index in [2.05, 4.69) is 73.8 Å². The smallest absolute Gasteiger partial charge is 0.410 e. The number of benzene rings is 4. The zero-order valence-corrected chi connectivity index (χ0v) is 39.0. The maximum absolute atomic E-state index is 13.9. The van der Waals surface area contributed by atoms with E-state index >= 15 is 0 Å². The van der Waals surface area contributed by atoms with E-state index < -0.39 is 71.1 Å². The van der Waals surface area contributed by atoms with Crippen molar-refractivity contribution in [3.63, 3.8) is 0 Å². The van der Waals surface area contributed by atoms with Crippen LogP contribution in [0.5, 0.6) is 0 Å². The van der Waals surface area contributed by atoms with E-state index in [1.807, 2.05) is 38.1 Å². The Balaban J connectivity index is 0.000000238. The number of aliphatic carboxylic acids is 2. The second kappa shape index (κ2) is 21.5. The molecule has 4 atom stereocenters. The summed E-state index contributed by atoms with van der Waals surface area (Å²) >= 11 is 0. The summed E-state index contributed by atoms with van der Waals surface area (Å²) in [5, 5.41) is 23.4. The Kier molecular flexibility index (Phi) is 17.7. The number of nitrogens with two attached hydrogens (primary N) is 2. The number of alkyl halides is 4. The molecule has 66 heavy (non-hydrogen) atoms. The van der Waals surface area contributed by atoms with Crippen molar-refractivity contribution >= 4 is 45.7 Å². The Morgan fingerprint density at radius 2 is 0.909 bits per heavy atom. The van der Waals surface area contributed by atoms with E-state index in [1.165, 1.54) is 32.7 Å². The van der Waals surface area contributed by atoms with E-state index in [4.69, 9.17) is 31.2 Å². The number of likely N-dealkylation sites (tertiary alicyclic amines) is 2. The van der Waals surface area contributed by atoms with Gasteiger partial charge >= 0.3 is 24.1 Å². The molecule has 12 nitrogen and oxygen atoms in total. The second-order valence-corrected chi connectivity index (χ2v) is 18.4. The Morgan fingerprint density at radius 1 is 0.606 bits per heavy atom. The molecule has 2 aliphatic rings. The van der Waals surface area contributed by atoms with Crippen molar-refractivity contribution in [2.45, 2.75) is 103 Å². The van der Waals surface area contributed by atoms with Gasteiger partial charge in [-0.3, -0.25) is 9.59 Å². The summed E-state index contributed by atoms with van der Waals surface area (Å²) in [6.07, 6.45) is -1.64. The van der Waals surface area contributed by atoms with Crippen LogP contribution in [-0.2, 0) is 19.1 Å². The third kappa shape index (κ3) is 13.1. The van der Waals surface area contributed by atoms with Crippen LogP contribution in [0, 0.1) is 10.8 Å². The minimum Gasteiger partial charge on any atom is -0.481 e. The molecular formula is C50H64F4N4O8. The van der Waals surface area contributed by atoms with Crippen molar-refractivity contribution < 1.29 is 56.4 Å². The van der Waals surface area contributed by atoms with Gasteiger partial charge in [0.25, 0.3) is 11.8 Å². The van der Waals surface area contributed by atoms with Crippen molar-refractivity contribution in [2.24, 2.45) is 22.3 Å². The van der Waals surface area contributed by atoms with Crippen LogP contribution in [0.3, 0.4) is 0 Å². The SMILES string of the molecule is C=CC(F)(F)C1(C(=O)O)CCN(C(=O)OC(C)(C)C)C1.C=CC(F)(F)C1(C(=O)O)CCN(C(=O)OC(C)(C)C)C1.C[C@@H](N)c1cccc2ccccc12.C[C@@H](N)c1cccc2ccccc12. The number of carbonyl (C=O) groups excluding carboxylic acids is 2. The van der Waals surface area contributed by atoms with Gasteiger partial charge < -0.3 is 41.0 Å². The lowest BCUT2D eigenvalue weighted by atomic mass is 9.80. The van der Waals surface area contributed by atoms with Gasteiger partial charge in [-0.25, -0.2) is 27.2 Å². The summed E-state index contributed by atoms with van der Waals surface area (Å²) in [6, 6.07) is 29.4. The van der Waals surface area contributed by atoms with Crippen molar-refractivity contribution in [1.29, 1.82) is 0 Å². The Bertz CT molecular complexity index is 2190. The van der Waals surface area contributed by atoms with E-state index in [9.17, 15) is 36.7 Å². The first-order valence-electron chi connectivity index (χ1n) is 21.4. The highest BCUT2D eigenvalue weighted by Crippen LogP contribution is 2.47. The average molecular weight is 925 g/mol. The van der Waals surface area contributed by atoms with Crippen molar-refractivity contribution in [3.8, 4) is 0 Å². The quantitative estimate of drug-likeness (QED) is 0.0979. The number of hydrogen-bond acceptors (Lipinski definition) is 8. The zero-order valence-electron chi connectivity index (χ0n) is 39.0. The van der Waals surface area contributed by atoms with E-state index in [1.54, 1.807) is 41.5 Å². The number of fused-ring (bicyclic) bond motifs is 2. The third-order valence-electron chi connectivity index (χ3n) is 11.1. The molecule has 4 aromatic rings. The number of nitrogens with zero attached hydrogens (tertiary/aromatic N) is 2. The summed E-state index contributed by atoms with van der Waals surface area (Å²) in [5.74, 6) is -10.5. The van der Waals surface area contributed by atoms with E-state index in [0.29, 0.717) is 12.2 Å². The number of ether oxygens (including phenoxy) is 2. The molecule has 0 radical (unpaired) electrons. The number of rotatable bonds is 8. The molecule has 2 saturated heterocycles. The lowest BCUT2D eigenvalue weighted by Crippen LogP contribution is -2.49. The van der Waals surface area contributed by atoms with Crippen molar-refractivity contribution in [3.05, 3.63) is 121 Å². The van der Waals surface area contributed by atoms with Gasteiger partial charge in [0, 0.05) is 38.3 Å². The molecule has 2 amide bonds. The fraction of sp³-hybridized carbons (Fsp3) is 0.440. The van der Waals surface area contributed by atoms with Gasteiger partial charge in [0.2, 0.25) is 0 Å². The molecule has 6 rings (SSSR count). The first kappa shape index (κ1) is 54.3. The van der Waals surface area contributed by atoms with Gasteiger partial charge in [0.1, 0.15) is 11.2 Å². The van der Waals surface area contributed by atoms with Crippen LogP contribution >= 0.6 is 0 Å². The summed E-state index contributed by atoms with van der Waals surface area (Å²) in [5.41, 5.74) is 7.97. The molecule has 16 heteroatoms. The zero-order chi connectivity index (χ0) is 50.1. The number of carboxylic acids is 2. The molecule has 0 aromatic heterocycles. The molecule has 0 saturated carbocycles. The minimum atomic E-state index is -3.60. The Labute approximate surface area is 384 Å². The van der Waals surface area contributed by atoms with Crippen LogP contribution in [0.15, 0.2) is 110 Å². The number of amides is 2. The molecular weight excluding hydrogens is 861 g/mol. The maximum Gasteiger partial charge on any atom is 0.410 e. The summed E-state index contributed by atoms with van der Waals surface area (Å²) in [7, 11) is 0. The summed E-state index contributed by atoms with van der Waals surface area (Å²) in [4.78, 5) is 48.2. The molecule has 0 bridgehead atoms. The van der Waals surface area contributed by atoms with Crippen LogP contribution < -0.4 is 11.5 Å². The van der Waals surface area contributed by atoms with Gasteiger partial charge in [-0.05, 0) is 113 Å². The third-order valence-corrected chi connectivity index (χ3v) is 11.1. The molecule has 2 heterocycles. The fourth-order valence-corrected chi connectivity index (χ4v) is 7.45. The molecule has 0 aliphatic carbocycles. The highest BCUT2D eigenvalue weighted by atomic mass is 19.3. The second-order valence-electron chi connectivity index (χ2n) is 18.4. The van der Waals surface area contributed by atoms with Crippen molar-refractivity contribution in [1.82, 2.24) is 9.80 Å². The molecule has 0 spiro atoms. The fourth-order valence-electron chi connectivity index (χ4n) is 7.45. The van der Waals surface area contributed by atoms with Crippen LogP contribution in [0.1, 0.15) is 91.4 Å². The van der Waals surface area contributed by atoms with Crippen LogP contribution in [0.4, 0.5) is 27.2 Å². The Hall–Kier alpha value is -6.00.